The monoisotopic (exact) mass is 246 g/mol. The molecule has 2 aromatic carbocycles. The van der Waals surface area contributed by atoms with Crippen molar-refractivity contribution in [1.82, 2.24) is 0 Å². The zero-order chi connectivity index (χ0) is 13.1. The molecule has 5 nitrogen and oxygen atoms in total. The minimum absolute atomic E-state index is 0.0311. The van der Waals surface area contributed by atoms with E-state index in [1.54, 1.807) is 12.1 Å². The highest BCUT2D eigenvalue weighted by atomic mass is 16.5. The smallest absolute Gasteiger partial charge is 0.339 e. The van der Waals surface area contributed by atoms with Crippen molar-refractivity contribution < 1.29 is 24.9 Å². The first-order chi connectivity index (χ1) is 8.59. The predicted molar refractivity (Wildman–Crippen MR) is 63.2 cm³/mol. The van der Waals surface area contributed by atoms with Crippen molar-refractivity contribution in [3.63, 3.8) is 0 Å². The highest BCUT2D eigenvalue weighted by Gasteiger charge is 2.15. The van der Waals surface area contributed by atoms with Crippen LogP contribution in [0.4, 0.5) is 0 Å². The van der Waals surface area contributed by atoms with Crippen LogP contribution in [0.25, 0.3) is 0 Å². The van der Waals surface area contributed by atoms with Gasteiger partial charge in [-0.15, -0.1) is 0 Å². The number of carboxylic acid groups (broad SMARTS) is 1. The molecule has 0 atom stereocenters. The molecule has 0 bridgehead atoms. The number of carbonyl (C=O) groups is 1. The lowest BCUT2D eigenvalue weighted by Gasteiger charge is -2.10. The number of hydrogen-bond donors (Lipinski definition) is 3. The van der Waals surface area contributed by atoms with E-state index in [0.29, 0.717) is 0 Å². The van der Waals surface area contributed by atoms with Crippen molar-refractivity contribution in [3.05, 3.63) is 48.0 Å². The molecule has 18 heavy (non-hydrogen) atoms. The van der Waals surface area contributed by atoms with Crippen LogP contribution in [0.3, 0.4) is 0 Å². The second kappa shape index (κ2) is 4.67. The summed E-state index contributed by atoms with van der Waals surface area (Å²) in [7, 11) is 0. The normalized spacial score (nSPS) is 10.0. The molecule has 2 rings (SSSR count). The molecular weight excluding hydrogens is 236 g/mol. The number of phenols is 2. The number of benzene rings is 2. The van der Waals surface area contributed by atoms with Crippen molar-refractivity contribution in [1.29, 1.82) is 0 Å². The molecule has 0 fully saturated rings. The zero-order valence-electron chi connectivity index (χ0n) is 9.20. The summed E-state index contributed by atoms with van der Waals surface area (Å²) < 4.78 is 5.27. The number of hydrogen-bond acceptors (Lipinski definition) is 4. The van der Waals surface area contributed by atoms with Gasteiger partial charge >= 0.3 is 5.97 Å². The van der Waals surface area contributed by atoms with Gasteiger partial charge in [0, 0.05) is 0 Å². The summed E-state index contributed by atoms with van der Waals surface area (Å²) in [6.07, 6.45) is 0. The highest BCUT2D eigenvalue weighted by Crippen LogP contribution is 2.36. The van der Waals surface area contributed by atoms with Crippen LogP contribution in [0.15, 0.2) is 42.5 Å². The van der Waals surface area contributed by atoms with Crippen LogP contribution < -0.4 is 4.74 Å². The summed E-state index contributed by atoms with van der Waals surface area (Å²) in [6, 6.07) is 10.3. The summed E-state index contributed by atoms with van der Waals surface area (Å²) >= 11 is 0. The molecule has 0 saturated carbocycles. The fourth-order valence-electron chi connectivity index (χ4n) is 1.44. The van der Waals surface area contributed by atoms with Crippen LogP contribution in [0.1, 0.15) is 10.4 Å². The Morgan fingerprint density at radius 2 is 1.61 bits per heavy atom. The van der Waals surface area contributed by atoms with Gasteiger partial charge < -0.3 is 20.1 Å². The van der Waals surface area contributed by atoms with Crippen LogP contribution in [0, 0.1) is 0 Å². The van der Waals surface area contributed by atoms with E-state index in [4.69, 9.17) is 9.84 Å². The van der Waals surface area contributed by atoms with Crippen LogP contribution >= 0.6 is 0 Å². The van der Waals surface area contributed by atoms with Crippen molar-refractivity contribution in [2.75, 3.05) is 0 Å². The lowest BCUT2D eigenvalue weighted by atomic mass is 10.2. The lowest BCUT2D eigenvalue weighted by Crippen LogP contribution is -1.97. The number of aromatic hydroxyl groups is 2. The van der Waals surface area contributed by atoms with Gasteiger partial charge in [0.25, 0.3) is 0 Å². The molecule has 2 aromatic rings. The molecule has 0 aliphatic rings. The molecule has 3 N–H and O–H groups in total. The topological polar surface area (TPSA) is 87.0 Å². The van der Waals surface area contributed by atoms with Gasteiger partial charge in [0.15, 0.2) is 23.0 Å². The summed E-state index contributed by atoms with van der Waals surface area (Å²) in [4.78, 5) is 10.8. The average molecular weight is 246 g/mol. The molecule has 0 radical (unpaired) electrons. The quantitative estimate of drug-likeness (QED) is 0.774. The third-order valence-corrected chi connectivity index (χ3v) is 2.31. The van der Waals surface area contributed by atoms with Crippen LogP contribution in [-0.4, -0.2) is 21.3 Å². The summed E-state index contributed by atoms with van der Waals surface area (Å²) in [6.45, 7) is 0. The van der Waals surface area contributed by atoms with E-state index >= 15 is 0 Å². The van der Waals surface area contributed by atoms with Crippen LogP contribution in [-0.2, 0) is 0 Å². The van der Waals surface area contributed by atoms with E-state index in [0.717, 1.165) is 0 Å². The standard InChI is InChI=1S/C13H10O5/c14-9-5-1-2-6-10(9)18-11-7-3-4-8(12(11)15)13(16)17/h1-7,14-15H,(H,16,17). The van der Waals surface area contributed by atoms with Gasteiger partial charge in [-0.3, -0.25) is 0 Å². The van der Waals surface area contributed by atoms with E-state index in [1.165, 1.54) is 30.3 Å². The van der Waals surface area contributed by atoms with Crippen LogP contribution in [0.2, 0.25) is 0 Å². The third-order valence-electron chi connectivity index (χ3n) is 2.31. The van der Waals surface area contributed by atoms with E-state index in [9.17, 15) is 15.0 Å². The second-order valence-corrected chi connectivity index (χ2v) is 3.53. The maximum Gasteiger partial charge on any atom is 0.339 e. The Morgan fingerprint density at radius 1 is 0.944 bits per heavy atom. The fraction of sp³-hybridized carbons (Fsp3) is 0. The Kier molecular flexibility index (Phi) is 3.05. The van der Waals surface area contributed by atoms with E-state index in [-0.39, 0.29) is 22.8 Å². The largest absolute Gasteiger partial charge is 0.504 e. The Hall–Kier alpha value is -2.69. The predicted octanol–water partition coefficient (Wildman–Crippen LogP) is 2.59. The molecule has 0 spiro atoms. The van der Waals surface area contributed by atoms with Gasteiger partial charge in [0.1, 0.15) is 5.56 Å². The molecule has 0 amide bonds. The van der Waals surface area contributed by atoms with Crippen molar-refractivity contribution in [2.24, 2.45) is 0 Å². The molecule has 0 aromatic heterocycles. The number of carboxylic acids is 1. The van der Waals surface area contributed by atoms with Gasteiger partial charge in [-0.25, -0.2) is 4.79 Å². The number of para-hydroxylation sites is 3. The first-order valence-electron chi connectivity index (χ1n) is 5.10. The molecule has 92 valence electrons. The van der Waals surface area contributed by atoms with Crippen molar-refractivity contribution in [2.45, 2.75) is 0 Å². The zero-order valence-corrected chi connectivity index (χ0v) is 9.20. The summed E-state index contributed by atoms with van der Waals surface area (Å²) in [5.41, 5.74) is -0.261. The molecule has 0 saturated heterocycles. The fourth-order valence-corrected chi connectivity index (χ4v) is 1.44. The Balaban J connectivity index is 2.39. The molecule has 0 unspecified atom stereocenters. The molecule has 0 aliphatic heterocycles. The number of phenolic OH excluding ortho intramolecular Hbond substituents is 1. The first kappa shape index (κ1) is 11.8. The van der Waals surface area contributed by atoms with E-state index in [1.807, 2.05) is 0 Å². The van der Waals surface area contributed by atoms with Gasteiger partial charge in [0.05, 0.1) is 0 Å². The number of aromatic carboxylic acids is 1. The van der Waals surface area contributed by atoms with Gasteiger partial charge in [-0.05, 0) is 24.3 Å². The summed E-state index contributed by atoms with van der Waals surface area (Å²) in [5, 5.41) is 28.1. The molecular formula is C13H10O5. The first-order valence-corrected chi connectivity index (χ1v) is 5.10. The van der Waals surface area contributed by atoms with E-state index in [2.05, 4.69) is 0 Å². The number of ether oxygens (including phenoxy) is 1. The number of rotatable bonds is 3. The second-order valence-electron chi connectivity index (χ2n) is 3.53. The average Bonchev–Trinajstić information content (AvgIpc) is 2.34. The van der Waals surface area contributed by atoms with Gasteiger partial charge in [-0.1, -0.05) is 18.2 Å². The highest BCUT2D eigenvalue weighted by molar-refractivity contribution is 5.91. The third kappa shape index (κ3) is 2.20. The minimum Gasteiger partial charge on any atom is -0.504 e. The summed E-state index contributed by atoms with van der Waals surface area (Å²) in [5.74, 6) is -1.73. The van der Waals surface area contributed by atoms with Gasteiger partial charge in [-0.2, -0.15) is 0 Å². The Labute approximate surface area is 103 Å². The lowest BCUT2D eigenvalue weighted by molar-refractivity contribution is 0.0693. The Bertz CT molecular complexity index is 592. The van der Waals surface area contributed by atoms with Crippen LogP contribution in [0.5, 0.6) is 23.0 Å². The van der Waals surface area contributed by atoms with E-state index < -0.39 is 11.7 Å². The minimum atomic E-state index is -1.25. The maximum atomic E-state index is 10.8. The molecule has 5 heteroatoms. The molecule has 0 heterocycles. The SMILES string of the molecule is O=C(O)c1cccc(Oc2ccccc2O)c1O. The van der Waals surface area contributed by atoms with Gasteiger partial charge in [0.2, 0.25) is 0 Å². The maximum absolute atomic E-state index is 10.8. The molecule has 0 aliphatic carbocycles. The van der Waals surface area contributed by atoms with Crippen molar-refractivity contribution in [3.8, 4) is 23.0 Å². The van der Waals surface area contributed by atoms with Crippen molar-refractivity contribution >= 4 is 5.97 Å². The Morgan fingerprint density at radius 3 is 2.28 bits per heavy atom.